The average Bonchev–Trinajstić information content (AvgIpc) is 3.03. The quantitative estimate of drug-likeness (QED) is 0.884. The zero-order chi connectivity index (χ0) is 15.0. The topological polar surface area (TPSA) is 64.4 Å². The van der Waals surface area contributed by atoms with Gasteiger partial charge < -0.3 is 15.8 Å². The van der Waals surface area contributed by atoms with E-state index in [1.165, 1.54) is 18.2 Å². The Morgan fingerprint density at radius 1 is 1.32 bits per heavy atom. The Morgan fingerprint density at radius 2 is 2.00 bits per heavy atom. The van der Waals surface area contributed by atoms with Crippen LogP contribution in [0.15, 0.2) is 18.2 Å². The molecule has 3 rings (SSSR count). The maximum absolute atomic E-state index is 13.7. The Bertz CT molecular complexity index is 538. The maximum Gasteiger partial charge on any atom is 0.249 e. The fraction of sp³-hybridized carbons (Fsp3) is 0.533. The van der Waals surface area contributed by atoms with Gasteiger partial charge in [-0.3, -0.25) is 4.79 Å². The van der Waals surface area contributed by atoms with Crippen molar-refractivity contribution in [3.8, 4) is 0 Å². The van der Waals surface area contributed by atoms with Crippen molar-refractivity contribution in [3.63, 3.8) is 0 Å². The van der Waals surface area contributed by atoms with Crippen LogP contribution in [0.5, 0.6) is 0 Å². The summed E-state index contributed by atoms with van der Waals surface area (Å²) in [5.74, 6) is -1.62. The third-order valence-corrected chi connectivity index (χ3v) is 4.15. The number of rotatable bonds is 4. The summed E-state index contributed by atoms with van der Waals surface area (Å²) in [6, 6.07) is 3.59. The van der Waals surface area contributed by atoms with Gasteiger partial charge in [0.25, 0.3) is 0 Å². The summed E-state index contributed by atoms with van der Waals surface area (Å²) < 4.78 is 32.8. The van der Waals surface area contributed by atoms with E-state index in [1.54, 1.807) is 0 Å². The largest absolute Gasteiger partial charge is 0.364 e. The first-order valence-electron chi connectivity index (χ1n) is 7.20. The predicted molar refractivity (Wildman–Crippen MR) is 79.8 cm³/mol. The molecule has 4 nitrogen and oxygen atoms in total. The second-order valence-electron chi connectivity index (χ2n) is 5.65. The third-order valence-electron chi connectivity index (χ3n) is 4.15. The lowest BCUT2D eigenvalue weighted by molar-refractivity contribution is -0.132. The van der Waals surface area contributed by atoms with Gasteiger partial charge in [0.2, 0.25) is 5.91 Å². The van der Waals surface area contributed by atoms with E-state index in [4.69, 9.17) is 10.5 Å². The zero-order valence-corrected chi connectivity index (χ0v) is 12.7. The molecule has 1 saturated heterocycles. The highest BCUT2D eigenvalue weighted by atomic mass is 35.5. The number of carbonyl (C=O) groups excluding carboxylic acids is 1. The summed E-state index contributed by atoms with van der Waals surface area (Å²) in [4.78, 5) is 12.0. The third kappa shape index (κ3) is 3.39. The maximum atomic E-state index is 13.7. The molecule has 1 aliphatic carbocycles. The van der Waals surface area contributed by atoms with E-state index in [0.717, 1.165) is 6.42 Å². The molecular weight excluding hydrogens is 314 g/mol. The molecule has 1 aliphatic heterocycles. The van der Waals surface area contributed by atoms with Crippen molar-refractivity contribution in [2.75, 3.05) is 6.54 Å². The summed E-state index contributed by atoms with van der Waals surface area (Å²) in [7, 11) is 0. The number of ether oxygens (including phenoxy) is 1. The lowest BCUT2D eigenvalue weighted by atomic mass is 10.1. The minimum atomic E-state index is -0.558. The van der Waals surface area contributed by atoms with E-state index in [2.05, 4.69) is 5.32 Å². The van der Waals surface area contributed by atoms with E-state index in [-0.39, 0.29) is 41.9 Å². The molecule has 122 valence electrons. The van der Waals surface area contributed by atoms with Crippen molar-refractivity contribution in [1.29, 1.82) is 0 Å². The van der Waals surface area contributed by atoms with E-state index in [9.17, 15) is 13.6 Å². The molecule has 0 radical (unpaired) electrons. The van der Waals surface area contributed by atoms with Crippen LogP contribution in [0.3, 0.4) is 0 Å². The average molecular weight is 333 g/mol. The molecule has 7 heteroatoms. The normalized spacial score (nSPS) is 29.8. The number of nitrogens with two attached hydrogens (primary N) is 1. The standard InChI is InChI=1S/C15H18F2N2O2.ClH/c16-10-2-1-3-11(17)14(10)9-6-12(9)19-15(20)13-5-4-8(7-18)21-13;/h1-3,8-9,12-13H,4-7,18H2,(H,19,20);1H/t8-,9?,12?,13+;/m1./s1. The van der Waals surface area contributed by atoms with Crippen molar-refractivity contribution in [1.82, 2.24) is 5.32 Å². The molecular formula is C15H19ClF2N2O2. The van der Waals surface area contributed by atoms with E-state index in [0.29, 0.717) is 19.4 Å². The molecule has 0 aromatic heterocycles. The Labute approximate surface area is 133 Å². The van der Waals surface area contributed by atoms with Gasteiger partial charge in [0.1, 0.15) is 17.7 Å². The van der Waals surface area contributed by atoms with Gasteiger partial charge >= 0.3 is 0 Å². The van der Waals surface area contributed by atoms with Crippen molar-refractivity contribution < 1.29 is 18.3 Å². The molecule has 4 atom stereocenters. The fourth-order valence-electron chi connectivity index (χ4n) is 2.89. The number of carbonyl (C=O) groups is 1. The minimum Gasteiger partial charge on any atom is -0.364 e. The van der Waals surface area contributed by atoms with Crippen LogP contribution < -0.4 is 11.1 Å². The summed E-state index contributed by atoms with van der Waals surface area (Å²) in [5, 5.41) is 2.81. The SMILES string of the molecule is Cl.NC[C@H]1CC[C@@H](C(=O)NC2CC2c2c(F)cccc2F)O1. The second-order valence-corrected chi connectivity index (χ2v) is 5.65. The smallest absolute Gasteiger partial charge is 0.249 e. The van der Waals surface area contributed by atoms with Crippen molar-refractivity contribution in [2.24, 2.45) is 5.73 Å². The van der Waals surface area contributed by atoms with E-state index >= 15 is 0 Å². The molecule has 22 heavy (non-hydrogen) atoms. The van der Waals surface area contributed by atoms with Crippen LogP contribution in [0.4, 0.5) is 8.78 Å². The van der Waals surface area contributed by atoms with Crippen molar-refractivity contribution in [2.45, 2.75) is 43.4 Å². The molecule has 1 aromatic carbocycles. The molecule has 1 amide bonds. The fourth-order valence-corrected chi connectivity index (χ4v) is 2.89. The van der Waals surface area contributed by atoms with Crippen LogP contribution in [0.2, 0.25) is 0 Å². The first-order valence-corrected chi connectivity index (χ1v) is 7.20. The summed E-state index contributed by atoms with van der Waals surface area (Å²) in [6.07, 6.45) is 1.39. The number of hydrogen-bond acceptors (Lipinski definition) is 3. The highest BCUT2D eigenvalue weighted by Gasteiger charge is 2.44. The monoisotopic (exact) mass is 332 g/mol. The van der Waals surface area contributed by atoms with E-state index in [1.807, 2.05) is 0 Å². The number of amides is 1. The number of halogens is 3. The van der Waals surface area contributed by atoms with Gasteiger partial charge in [0, 0.05) is 24.1 Å². The highest BCUT2D eigenvalue weighted by molar-refractivity contribution is 5.85. The molecule has 1 aromatic rings. The first-order chi connectivity index (χ1) is 10.1. The Hall–Kier alpha value is -1.24. The number of hydrogen-bond donors (Lipinski definition) is 2. The van der Waals surface area contributed by atoms with Crippen LogP contribution in [0, 0.1) is 11.6 Å². The summed E-state index contributed by atoms with van der Waals surface area (Å²) in [6.45, 7) is 0.399. The number of benzene rings is 1. The first kappa shape index (κ1) is 17.1. The molecule has 0 spiro atoms. The minimum absolute atomic E-state index is 0. The molecule has 2 aliphatic rings. The van der Waals surface area contributed by atoms with Gasteiger partial charge in [-0.25, -0.2) is 8.78 Å². The molecule has 1 heterocycles. The predicted octanol–water partition coefficient (Wildman–Crippen LogP) is 1.86. The van der Waals surface area contributed by atoms with Crippen LogP contribution in [0.25, 0.3) is 0 Å². The Morgan fingerprint density at radius 3 is 2.59 bits per heavy atom. The number of nitrogens with one attached hydrogen (secondary N) is 1. The van der Waals surface area contributed by atoms with Crippen LogP contribution in [-0.2, 0) is 9.53 Å². The molecule has 2 fully saturated rings. The highest BCUT2D eigenvalue weighted by Crippen LogP contribution is 2.43. The zero-order valence-electron chi connectivity index (χ0n) is 11.9. The van der Waals surface area contributed by atoms with Gasteiger partial charge in [0.15, 0.2) is 0 Å². The van der Waals surface area contributed by atoms with Gasteiger partial charge in [-0.05, 0) is 31.4 Å². The summed E-state index contributed by atoms with van der Waals surface area (Å²) >= 11 is 0. The van der Waals surface area contributed by atoms with Gasteiger partial charge in [-0.2, -0.15) is 0 Å². The van der Waals surface area contributed by atoms with E-state index < -0.39 is 17.7 Å². The van der Waals surface area contributed by atoms with Crippen LogP contribution in [0.1, 0.15) is 30.7 Å². The molecule has 1 saturated carbocycles. The Balaban J connectivity index is 0.00000176. The Kier molecular flexibility index (Phi) is 5.36. The van der Waals surface area contributed by atoms with Gasteiger partial charge in [0.05, 0.1) is 6.10 Å². The molecule has 3 N–H and O–H groups in total. The van der Waals surface area contributed by atoms with Crippen molar-refractivity contribution in [3.05, 3.63) is 35.4 Å². The second kappa shape index (κ2) is 6.89. The molecule has 0 bridgehead atoms. The lowest BCUT2D eigenvalue weighted by Gasteiger charge is -2.13. The summed E-state index contributed by atoms with van der Waals surface area (Å²) in [5.41, 5.74) is 5.57. The van der Waals surface area contributed by atoms with Gasteiger partial charge in [-0.15, -0.1) is 12.4 Å². The lowest BCUT2D eigenvalue weighted by Crippen LogP contribution is -2.37. The van der Waals surface area contributed by atoms with Crippen LogP contribution in [-0.4, -0.2) is 30.7 Å². The van der Waals surface area contributed by atoms with Crippen LogP contribution >= 0.6 is 12.4 Å². The van der Waals surface area contributed by atoms with Gasteiger partial charge in [-0.1, -0.05) is 6.07 Å². The van der Waals surface area contributed by atoms with Crippen molar-refractivity contribution >= 4 is 18.3 Å². The molecule has 2 unspecified atom stereocenters.